The van der Waals surface area contributed by atoms with E-state index >= 15 is 0 Å². The molecule has 5 heteroatoms. The van der Waals surface area contributed by atoms with Gasteiger partial charge in [0, 0.05) is 12.0 Å². The summed E-state index contributed by atoms with van der Waals surface area (Å²) < 4.78 is 5.80. The molecule has 2 fully saturated rings. The number of hydrogen-bond acceptors (Lipinski definition) is 5. The average Bonchev–Trinajstić information content (AvgIpc) is 3.29. The van der Waals surface area contributed by atoms with Crippen LogP contribution in [0.5, 0.6) is 0 Å². The zero-order valence-corrected chi connectivity index (χ0v) is 22.1. The molecule has 0 aromatic heterocycles. The van der Waals surface area contributed by atoms with Gasteiger partial charge in [-0.3, -0.25) is 4.79 Å². The number of rotatable bonds is 7. The van der Waals surface area contributed by atoms with E-state index in [1.165, 1.54) is 12.5 Å². The normalized spacial score (nSPS) is 41.7. The molecule has 4 aliphatic carbocycles. The average molecular weight is 483 g/mol. The van der Waals surface area contributed by atoms with Crippen LogP contribution in [0.1, 0.15) is 73.6 Å². The van der Waals surface area contributed by atoms with Crippen molar-refractivity contribution in [1.82, 2.24) is 0 Å². The van der Waals surface area contributed by atoms with Crippen LogP contribution in [-0.2, 0) is 14.3 Å². The molecular formula is C30H42O5. The Morgan fingerprint density at radius 1 is 1.20 bits per heavy atom. The maximum Gasteiger partial charge on any atom is 0.331 e. The van der Waals surface area contributed by atoms with Gasteiger partial charge >= 0.3 is 5.97 Å². The highest BCUT2D eigenvalue weighted by atomic mass is 16.6. The van der Waals surface area contributed by atoms with E-state index in [9.17, 15) is 19.8 Å². The summed E-state index contributed by atoms with van der Waals surface area (Å²) in [6, 6.07) is 0. The fourth-order valence-electron chi connectivity index (χ4n) is 7.55. The quantitative estimate of drug-likeness (QED) is 0.174. The van der Waals surface area contributed by atoms with E-state index in [1.807, 2.05) is 31.2 Å². The zero-order chi connectivity index (χ0) is 25.8. The highest BCUT2D eigenvalue weighted by molar-refractivity contribution is 5.95. The van der Waals surface area contributed by atoms with Crippen molar-refractivity contribution in [3.63, 3.8) is 0 Å². The molecule has 2 saturated carbocycles. The van der Waals surface area contributed by atoms with Gasteiger partial charge in [-0.25, -0.2) is 4.79 Å². The summed E-state index contributed by atoms with van der Waals surface area (Å²) >= 11 is 0. The smallest absolute Gasteiger partial charge is 0.331 e. The summed E-state index contributed by atoms with van der Waals surface area (Å²) in [7, 11) is 0. The lowest BCUT2D eigenvalue weighted by atomic mass is 9.59. The molecule has 0 aliphatic heterocycles. The molecule has 192 valence electrons. The summed E-state index contributed by atoms with van der Waals surface area (Å²) in [4.78, 5) is 27.0. The number of Topliss-reactive ketones (excluding diaryl/α,β-unsaturated/α-hetero) is 1. The van der Waals surface area contributed by atoms with Gasteiger partial charge in [0.05, 0.1) is 5.41 Å². The Morgan fingerprint density at radius 3 is 2.60 bits per heavy atom. The van der Waals surface area contributed by atoms with Crippen LogP contribution in [-0.4, -0.2) is 39.8 Å². The fourth-order valence-corrected chi connectivity index (χ4v) is 7.55. The molecule has 0 aromatic carbocycles. The first-order chi connectivity index (χ1) is 16.4. The first-order valence-corrected chi connectivity index (χ1v) is 13.3. The zero-order valence-electron chi connectivity index (χ0n) is 22.1. The Balaban J connectivity index is 1.63. The third-order valence-corrected chi connectivity index (χ3v) is 9.53. The molecule has 0 heterocycles. The molecule has 4 rings (SSSR count). The van der Waals surface area contributed by atoms with Crippen LogP contribution in [0.2, 0.25) is 0 Å². The number of unbranched alkanes of at least 4 members (excludes halogenated alkanes) is 3. The summed E-state index contributed by atoms with van der Waals surface area (Å²) in [6.45, 7) is 12.1. The van der Waals surface area contributed by atoms with E-state index in [-0.39, 0.29) is 29.0 Å². The molecule has 35 heavy (non-hydrogen) atoms. The van der Waals surface area contributed by atoms with Crippen LogP contribution in [0.15, 0.2) is 47.6 Å². The summed E-state index contributed by atoms with van der Waals surface area (Å²) in [6.07, 6.45) is 13.3. The lowest BCUT2D eigenvalue weighted by Gasteiger charge is -2.48. The molecule has 4 aliphatic rings. The minimum Gasteiger partial charge on any atom is -0.451 e. The largest absolute Gasteiger partial charge is 0.451 e. The maximum absolute atomic E-state index is 14.3. The molecule has 1 spiro atoms. The molecule has 0 unspecified atom stereocenters. The van der Waals surface area contributed by atoms with Crippen molar-refractivity contribution >= 4 is 11.8 Å². The van der Waals surface area contributed by atoms with Crippen LogP contribution in [0.4, 0.5) is 0 Å². The van der Waals surface area contributed by atoms with Gasteiger partial charge in [-0.2, -0.15) is 0 Å². The number of fused-ring (bicyclic) bond motifs is 3. The van der Waals surface area contributed by atoms with Crippen LogP contribution in [0, 0.1) is 34.5 Å². The van der Waals surface area contributed by atoms with Crippen LogP contribution in [0.3, 0.4) is 0 Å². The summed E-state index contributed by atoms with van der Waals surface area (Å²) in [5.74, 6) is -0.627. The number of aliphatic hydroxyl groups excluding tert-OH is 1. The third-order valence-electron chi connectivity index (χ3n) is 9.53. The van der Waals surface area contributed by atoms with Crippen molar-refractivity contribution in [1.29, 1.82) is 0 Å². The molecule has 2 N–H and O–H groups in total. The highest BCUT2D eigenvalue weighted by Crippen LogP contribution is 2.71. The predicted octanol–water partition coefficient (Wildman–Crippen LogP) is 5.09. The lowest BCUT2D eigenvalue weighted by Crippen LogP contribution is -2.65. The molecule has 2 bridgehead atoms. The lowest BCUT2D eigenvalue weighted by molar-refractivity contribution is -0.200. The Labute approximate surface area is 210 Å². The van der Waals surface area contributed by atoms with Gasteiger partial charge in [-0.1, -0.05) is 70.9 Å². The molecule has 0 aromatic rings. The highest BCUT2D eigenvalue weighted by Gasteiger charge is 2.76. The van der Waals surface area contributed by atoms with E-state index in [4.69, 9.17) is 4.74 Å². The minimum absolute atomic E-state index is 0.0510. The van der Waals surface area contributed by atoms with Crippen molar-refractivity contribution in [2.24, 2.45) is 34.5 Å². The van der Waals surface area contributed by atoms with Gasteiger partial charge in [-0.05, 0) is 67.4 Å². The van der Waals surface area contributed by atoms with E-state index in [0.717, 1.165) is 25.7 Å². The van der Waals surface area contributed by atoms with Gasteiger partial charge < -0.3 is 14.9 Å². The summed E-state index contributed by atoms with van der Waals surface area (Å²) in [5, 5.41) is 23.8. The monoisotopic (exact) mass is 482 g/mol. The number of esters is 1. The molecule has 8 atom stereocenters. The number of carbonyl (C=O) groups excluding carboxylic acids is 2. The number of aliphatic hydroxyl groups is 2. The Bertz CT molecular complexity index is 1000. The Hall–Kier alpha value is -1.98. The maximum atomic E-state index is 14.3. The molecule has 0 radical (unpaired) electrons. The van der Waals surface area contributed by atoms with Crippen LogP contribution in [0.25, 0.3) is 0 Å². The van der Waals surface area contributed by atoms with Crippen molar-refractivity contribution in [2.45, 2.75) is 91.5 Å². The van der Waals surface area contributed by atoms with E-state index in [2.05, 4.69) is 20.8 Å². The third kappa shape index (κ3) is 3.81. The van der Waals surface area contributed by atoms with Gasteiger partial charge in [0.25, 0.3) is 0 Å². The number of carbonyl (C=O) groups is 2. The minimum atomic E-state index is -1.94. The first kappa shape index (κ1) is 26.1. The van der Waals surface area contributed by atoms with E-state index in [0.29, 0.717) is 17.1 Å². The fraction of sp³-hybridized carbons (Fsp3) is 0.667. The Kier molecular flexibility index (Phi) is 6.82. The molecular weight excluding hydrogens is 440 g/mol. The van der Waals surface area contributed by atoms with Gasteiger partial charge in [0.1, 0.15) is 6.10 Å². The van der Waals surface area contributed by atoms with Gasteiger partial charge in [-0.15, -0.1) is 0 Å². The predicted molar refractivity (Wildman–Crippen MR) is 136 cm³/mol. The standard InChI is InChI=1S/C30H42O5/c1-7-8-9-10-11-12-13-14-23(31)35-27-19(3)17-29-20(4)16-22-24(28(22,5)6)21(26(29)33)15-18(2)25(32)30(27,29)34/h11-15,17,20-22,24-25,27,32,34H,7-10,16H2,1-6H3/b12-11+,14-13+/t20-,21+,22-,24+,25-,27+,29+,30+/m1/s1. The van der Waals surface area contributed by atoms with Crippen molar-refractivity contribution in [3.8, 4) is 0 Å². The van der Waals surface area contributed by atoms with Crippen LogP contribution < -0.4 is 0 Å². The second-order valence-electron chi connectivity index (χ2n) is 12.0. The van der Waals surface area contributed by atoms with Gasteiger partial charge in [0.15, 0.2) is 17.5 Å². The molecule has 0 saturated heterocycles. The van der Waals surface area contributed by atoms with Gasteiger partial charge in [0.2, 0.25) is 0 Å². The second-order valence-corrected chi connectivity index (χ2v) is 12.0. The molecule has 0 amide bonds. The SMILES string of the molecule is CCCCC/C=C/C=C/C(=O)O[C@H]1C(C)=C[C@]23C(=O)[C@@H](C=C(C)[C@@H](O)[C@]12O)[C@H]1[C@@H](C[C@H]3C)C1(C)C. The topological polar surface area (TPSA) is 83.8 Å². The van der Waals surface area contributed by atoms with E-state index < -0.39 is 29.2 Å². The summed E-state index contributed by atoms with van der Waals surface area (Å²) in [5.41, 5.74) is -2.00. The second kappa shape index (κ2) is 9.15. The Morgan fingerprint density at radius 2 is 1.91 bits per heavy atom. The first-order valence-electron chi connectivity index (χ1n) is 13.3. The number of ether oxygens (including phenoxy) is 1. The number of ketones is 1. The van der Waals surface area contributed by atoms with Crippen molar-refractivity contribution in [2.75, 3.05) is 0 Å². The number of hydrogen-bond donors (Lipinski definition) is 2. The number of allylic oxidation sites excluding steroid dienone is 4. The molecule has 5 nitrogen and oxygen atoms in total. The van der Waals surface area contributed by atoms with Crippen molar-refractivity contribution < 1.29 is 24.5 Å². The van der Waals surface area contributed by atoms with E-state index in [1.54, 1.807) is 19.9 Å². The van der Waals surface area contributed by atoms with Crippen molar-refractivity contribution in [3.05, 3.63) is 47.6 Å². The van der Waals surface area contributed by atoms with Crippen LogP contribution >= 0.6 is 0 Å².